The van der Waals surface area contributed by atoms with Crippen molar-refractivity contribution in [2.45, 2.75) is 31.7 Å². The number of anilines is 1. The molecule has 1 saturated carbocycles. The van der Waals surface area contributed by atoms with Gasteiger partial charge in [0.05, 0.1) is 28.6 Å². The van der Waals surface area contributed by atoms with Crippen molar-refractivity contribution < 1.29 is 9.13 Å². The van der Waals surface area contributed by atoms with Crippen molar-refractivity contribution in [2.75, 3.05) is 37.7 Å². The molecule has 178 valence electrons. The Morgan fingerprint density at radius 2 is 2.17 bits per heavy atom. The quantitative estimate of drug-likeness (QED) is 0.317. The molecular formula is C28H27FN4OS. The van der Waals surface area contributed by atoms with Gasteiger partial charge >= 0.3 is 0 Å². The molecule has 5 nitrogen and oxygen atoms in total. The summed E-state index contributed by atoms with van der Waals surface area (Å²) in [7, 11) is 0. The minimum atomic E-state index is -0.149. The third kappa shape index (κ3) is 3.95. The Balaban J connectivity index is 1.09. The number of H-pyrrole nitrogens is 1. The van der Waals surface area contributed by atoms with E-state index in [9.17, 15) is 0 Å². The van der Waals surface area contributed by atoms with Gasteiger partial charge in [0.15, 0.2) is 0 Å². The molecule has 35 heavy (non-hydrogen) atoms. The van der Waals surface area contributed by atoms with Gasteiger partial charge < -0.3 is 14.5 Å². The summed E-state index contributed by atoms with van der Waals surface area (Å²) in [6, 6.07) is 6.32. The van der Waals surface area contributed by atoms with Crippen molar-refractivity contribution in [2.24, 2.45) is 5.92 Å². The van der Waals surface area contributed by atoms with E-state index in [1.807, 2.05) is 0 Å². The second kappa shape index (κ2) is 8.54. The van der Waals surface area contributed by atoms with Gasteiger partial charge in [0.25, 0.3) is 0 Å². The van der Waals surface area contributed by atoms with Crippen LogP contribution < -0.4 is 4.90 Å². The Morgan fingerprint density at radius 3 is 3.09 bits per heavy atom. The van der Waals surface area contributed by atoms with Crippen LogP contribution in [-0.4, -0.2) is 54.0 Å². The summed E-state index contributed by atoms with van der Waals surface area (Å²) in [5.74, 6) is 6.95. The fourth-order valence-corrected chi connectivity index (χ4v) is 6.23. The number of thiophene rings is 1. The van der Waals surface area contributed by atoms with E-state index < -0.39 is 0 Å². The molecule has 1 atom stereocenters. The topological polar surface area (TPSA) is 44.4 Å². The highest BCUT2D eigenvalue weighted by Crippen LogP contribution is 2.43. The van der Waals surface area contributed by atoms with E-state index in [0.717, 1.165) is 83.6 Å². The molecule has 7 rings (SSSR count). The molecule has 2 aliphatic carbocycles. The fraction of sp³-hybridized carbons (Fsp3) is 0.393. The third-order valence-corrected chi connectivity index (χ3v) is 8.41. The van der Waals surface area contributed by atoms with E-state index in [1.165, 1.54) is 18.4 Å². The summed E-state index contributed by atoms with van der Waals surface area (Å²) in [5.41, 5.74) is 6.92. The molecule has 2 aromatic heterocycles. The fourth-order valence-electron chi connectivity index (χ4n) is 5.47. The Bertz CT molecular complexity index is 1380. The Kier molecular flexibility index (Phi) is 5.18. The van der Waals surface area contributed by atoms with Crippen molar-refractivity contribution in [3.05, 3.63) is 57.7 Å². The number of piperazine rings is 1. The maximum absolute atomic E-state index is 15.3. The van der Waals surface area contributed by atoms with Crippen LogP contribution in [0.5, 0.6) is 0 Å². The molecule has 1 unspecified atom stereocenters. The number of rotatable bonds is 5. The van der Waals surface area contributed by atoms with Crippen LogP contribution in [0.1, 0.15) is 35.3 Å². The molecule has 1 N–H and O–H groups in total. The summed E-state index contributed by atoms with van der Waals surface area (Å²) in [6.07, 6.45) is 8.81. The predicted octanol–water partition coefficient (Wildman–Crippen LogP) is 5.03. The van der Waals surface area contributed by atoms with Crippen LogP contribution in [0.25, 0.3) is 22.5 Å². The zero-order chi connectivity index (χ0) is 23.4. The number of halogens is 1. The average molecular weight is 487 g/mol. The van der Waals surface area contributed by atoms with E-state index in [-0.39, 0.29) is 5.82 Å². The lowest BCUT2D eigenvalue weighted by molar-refractivity contribution is 0.156. The number of nitrogens with one attached hydrogen (secondary N) is 1. The Hall–Kier alpha value is -3.08. The van der Waals surface area contributed by atoms with Gasteiger partial charge in [0.2, 0.25) is 0 Å². The lowest BCUT2D eigenvalue weighted by Gasteiger charge is -2.39. The van der Waals surface area contributed by atoms with E-state index in [2.05, 4.69) is 61.6 Å². The Labute approximate surface area is 208 Å². The van der Waals surface area contributed by atoms with E-state index in [1.54, 1.807) is 17.4 Å². The molecule has 1 aromatic carbocycles. The first-order chi connectivity index (χ1) is 17.2. The monoisotopic (exact) mass is 486 g/mol. The average Bonchev–Trinajstić information content (AvgIpc) is 3.23. The maximum atomic E-state index is 15.3. The number of benzene rings is 1. The molecular weight excluding hydrogens is 459 g/mol. The van der Waals surface area contributed by atoms with Crippen LogP contribution in [0.3, 0.4) is 0 Å². The van der Waals surface area contributed by atoms with Crippen molar-refractivity contribution in [3.63, 3.8) is 0 Å². The number of hydrogen-bond acceptors (Lipinski definition) is 5. The minimum Gasteiger partial charge on any atom is -0.371 e. The molecule has 2 aliphatic heterocycles. The van der Waals surface area contributed by atoms with Crippen LogP contribution in [-0.2, 0) is 11.2 Å². The zero-order valence-electron chi connectivity index (χ0n) is 19.5. The second-order valence-corrected chi connectivity index (χ2v) is 10.9. The minimum absolute atomic E-state index is 0.149. The Morgan fingerprint density at radius 1 is 1.23 bits per heavy atom. The van der Waals surface area contributed by atoms with Gasteiger partial charge in [-0.05, 0) is 55.1 Å². The van der Waals surface area contributed by atoms with Crippen molar-refractivity contribution in [1.82, 2.24) is 15.1 Å². The van der Waals surface area contributed by atoms with E-state index >= 15 is 4.39 Å². The molecule has 3 aromatic rings. The summed E-state index contributed by atoms with van der Waals surface area (Å²) in [4.78, 5) is 5.61. The SMILES string of the molecule is Fc1cc2c(cc1N1CCN3C=CCC3C1)Cc1c(-c3csc(C#CCOCC4CC4)c3)n[nH]c1-2. The van der Waals surface area contributed by atoms with Crippen LogP contribution in [0, 0.1) is 23.6 Å². The number of hydrogen-bond donors (Lipinski definition) is 1. The van der Waals surface area contributed by atoms with Crippen LogP contribution in [0.15, 0.2) is 35.9 Å². The second-order valence-electron chi connectivity index (χ2n) is 9.98. The molecule has 7 heteroatoms. The molecule has 4 heterocycles. The van der Waals surface area contributed by atoms with E-state index in [0.29, 0.717) is 12.6 Å². The zero-order valence-corrected chi connectivity index (χ0v) is 20.3. The highest BCUT2D eigenvalue weighted by Gasteiger charge is 2.31. The first-order valence-corrected chi connectivity index (χ1v) is 13.3. The summed E-state index contributed by atoms with van der Waals surface area (Å²) >= 11 is 1.63. The van der Waals surface area contributed by atoms with Crippen LogP contribution in [0.4, 0.5) is 10.1 Å². The summed E-state index contributed by atoms with van der Waals surface area (Å²) < 4.78 is 20.9. The van der Waals surface area contributed by atoms with Gasteiger partial charge in [0, 0.05) is 54.2 Å². The van der Waals surface area contributed by atoms with Crippen molar-refractivity contribution in [1.29, 1.82) is 0 Å². The van der Waals surface area contributed by atoms with Gasteiger partial charge in [-0.3, -0.25) is 5.10 Å². The standard InChI is InChI=1S/C28H27FN4OS/c29-25-14-23-19(13-26(25)33-9-8-32-7-1-3-21(32)15-33)12-24-27(30-31-28(23)24)20-11-22(35-17-20)4-2-10-34-16-18-5-6-18/h1,7,11,13-14,17-18,21H,3,5-6,8-10,12,15-16H2,(H,30,31). The van der Waals surface area contributed by atoms with Crippen LogP contribution in [0.2, 0.25) is 0 Å². The molecule has 0 amide bonds. The summed E-state index contributed by atoms with van der Waals surface area (Å²) in [5, 5.41) is 9.89. The molecule has 0 bridgehead atoms. The molecule has 4 aliphatic rings. The number of aromatic nitrogens is 2. The molecule has 0 radical (unpaired) electrons. The normalized spacial score (nSPS) is 20.0. The number of nitrogens with zero attached hydrogens (tertiary/aromatic N) is 3. The lowest BCUT2D eigenvalue weighted by Crippen LogP contribution is -2.49. The van der Waals surface area contributed by atoms with Gasteiger partial charge in [-0.25, -0.2) is 4.39 Å². The number of aromatic amines is 1. The lowest BCUT2D eigenvalue weighted by atomic mass is 10.1. The smallest absolute Gasteiger partial charge is 0.147 e. The third-order valence-electron chi connectivity index (χ3n) is 7.56. The number of ether oxygens (including phenoxy) is 1. The van der Waals surface area contributed by atoms with Crippen LogP contribution >= 0.6 is 11.3 Å². The molecule has 1 saturated heterocycles. The largest absolute Gasteiger partial charge is 0.371 e. The van der Waals surface area contributed by atoms with E-state index in [4.69, 9.17) is 4.74 Å². The maximum Gasteiger partial charge on any atom is 0.147 e. The van der Waals surface area contributed by atoms with Crippen molar-refractivity contribution >= 4 is 17.0 Å². The first kappa shape index (κ1) is 21.2. The highest BCUT2D eigenvalue weighted by atomic mass is 32.1. The first-order valence-electron chi connectivity index (χ1n) is 12.5. The number of fused-ring (bicyclic) bond motifs is 4. The summed E-state index contributed by atoms with van der Waals surface area (Å²) in [6.45, 7) is 3.97. The van der Waals surface area contributed by atoms with Gasteiger partial charge in [-0.15, -0.1) is 11.3 Å². The van der Waals surface area contributed by atoms with Gasteiger partial charge in [0.1, 0.15) is 12.4 Å². The van der Waals surface area contributed by atoms with Crippen molar-refractivity contribution in [3.8, 4) is 34.4 Å². The molecule has 2 fully saturated rings. The van der Waals surface area contributed by atoms with Gasteiger partial charge in [-0.2, -0.15) is 5.10 Å². The molecule has 0 spiro atoms. The predicted molar refractivity (Wildman–Crippen MR) is 137 cm³/mol. The van der Waals surface area contributed by atoms with Gasteiger partial charge in [-0.1, -0.05) is 17.9 Å². The highest BCUT2D eigenvalue weighted by molar-refractivity contribution is 7.11.